The molecule has 1 fully saturated rings. The van der Waals surface area contributed by atoms with Crippen LogP contribution in [0.2, 0.25) is 0 Å². The van der Waals surface area contributed by atoms with E-state index in [-0.39, 0.29) is 11.6 Å². The number of aromatic amines is 1. The molecule has 0 radical (unpaired) electrons. The SMILES string of the molecule is Cc1nc(C)c(C(C)NCCC2CCCCO2)c(=O)[nH]1. The van der Waals surface area contributed by atoms with Crippen molar-refractivity contribution in [3.05, 3.63) is 27.4 Å². The maximum absolute atomic E-state index is 12.0. The van der Waals surface area contributed by atoms with Crippen molar-refractivity contribution in [2.75, 3.05) is 13.2 Å². The van der Waals surface area contributed by atoms with Gasteiger partial charge in [-0.2, -0.15) is 0 Å². The van der Waals surface area contributed by atoms with Crippen LogP contribution in [0.5, 0.6) is 0 Å². The molecule has 0 spiro atoms. The average molecular weight is 279 g/mol. The van der Waals surface area contributed by atoms with E-state index in [9.17, 15) is 4.79 Å². The lowest BCUT2D eigenvalue weighted by Crippen LogP contribution is -2.31. The zero-order valence-corrected chi connectivity index (χ0v) is 12.7. The van der Waals surface area contributed by atoms with Gasteiger partial charge in [0.15, 0.2) is 0 Å². The smallest absolute Gasteiger partial charge is 0.255 e. The normalized spacial score (nSPS) is 20.9. The molecule has 1 aliphatic heterocycles. The topological polar surface area (TPSA) is 67.0 Å². The Labute approximate surface area is 120 Å². The third-order valence-corrected chi connectivity index (χ3v) is 3.89. The van der Waals surface area contributed by atoms with E-state index >= 15 is 0 Å². The Morgan fingerprint density at radius 1 is 1.45 bits per heavy atom. The van der Waals surface area contributed by atoms with Gasteiger partial charge in [0.2, 0.25) is 0 Å². The molecule has 1 aromatic heterocycles. The second kappa shape index (κ2) is 6.99. The highest BCUT2D eigenvalue weighted by Crippen LogP contribution is 2.16. The second-order valence-corrected chi connectivity index (χ2v) is 5.60. The lowest BCUT2D eigenvalue weighted by Gasteiger charge is -2.23. The number of nitrogens with one attached hydrogen (secondary N) is 2. The van der Waals surface area contributed by atoms with Crippen molar-refractivity contribution < 1.29 is 4.74 Å². The summed E-state index contributed by atoms with van der Waals surface area (Å²) in [5.74, 6) is 0.666. The van der Waals surface area contributed by atoms with E-state index in [2.05, 4.69) is 15.3 Å². The first-order valence-electron chi connectivity index (χ1n) is 7.50. The van der Waals surface area contributed by atoms with E-state index in [1.54, 1.807) is 6.92 Å². The lowest BCUT2D eigenvalue weighted by atomic mass is 10.1. The van der Waals surface area contributed by atoms with Crippen LogP contribution in [0.3, 0.4) is 0 Å². The molecule has 0 amide bonds. The summed E-state index contributed by atoms with van der Waals surface area (Å²) in [6, 6.07) is 0.00967. The monoisotopic (exact) mass is 279 g/mol. The van der Waals surface area contributed by atoms with E-state index in [1.807, 2.05) is 13.8 Å². The van der Waals surface area contributed by atoms with Crippen molar-refractivity contribution in [3.63, 3.8) is 0 Å². The minimum Gasteiger partial charge on any atom is -0.378 e. The zero-order valence-electron chi connectivity index (χ0n) is 12.7. The van der Waals surface area contributed by atoms with Gasteiger partial charge in [-0.05, 0) is 53.0 Å². The third-order valence-electron chi connectivity index (χ3n) is 3.89. The molecule has 20 heavy (non-hydrogen) atoms. The summed E-state index contributed by atoms with van der Waals surface area (Å²) in [5, 5.41) is 3.41. The molecule has 1 aromatic rings. The fourth-order valence-electron chi connectivity index (χ4n) is 2.84. The van der Waals surface area contributed by atoms with Crippen LogP contribution in [0, 0.1) is 13.8 Å². The van der Waals surface area contributed by atoms with Gasteiger partial charge in [0, 0.05) is 18.3 Å². The summed E-state index contributed by atoms with van der Waals surface area (Å²) in [6.45, 7) is 7.45. The number of H-pyrrole nitrogens is 1. The van der Waals surface area contributed by atoms with Crippen LogP contribution in [0.15, 0.2) is 4.79 Å². The van der Waals surface area contributed by atoms with Gasteiger partial charge in [-0.1, -0.05) is 0 Å². The maximum atomic E-state index is 12.0. The van der Waals surface area contributed by atoms with Crippen molar-refractivity contribution >= 4 is 0 Å². The van der Waals surface area contributed by atoms with Gasteiger partial charge in [0.05, 0.1) is 11.7 Å². The maximum Gasteiger partial charge on any atom is 0.255 e. The molecule has 1 saturated heterocycles. The molecule has 1 aliphatic rings. The molecular weight excluding hydrogens is 254 g/mol. The van der Waals surface area contributed by atoms with Crippen molar-refractivity contribution in [1.82, 2.24) is 15.3 Å². The average Bonchev–Trinajstić information content (AvgIpc) is 2.38. The summed E-state index contributed by atoms with van der Waals surface area (Å²) < 4.78 is 5.71. The van der Waals surface area contributed by atoms with Gasteiger partial charge < -0.3 is 15.0 Å². The standard InChI is InChI=1S/C15H25N3O2/c1-10(14-11(2)17-12(3)18-15(14)19)16-8-7-13-6-4-5-9-20-13/h10,13,16H,4-9H2,1-3H3,(H,17,18,19). The third kappa shape index (κ3) is 3.90. The zero-order chi connectivity index (χ0) is 14.5. The summed E-state index contributed by atoms with van der Waals surface area (Å²) in [4.78, 5) is 19.1. The molecule has 2 unspecified atom stereocenters. The predicted molar refractivity (Wildman–Crippen MR) is 79.0 cm³/mol. The molecule has 2 N–H and O–H groups in total. The molecule has 2 atom stereocenters. The summed E-state index contributed by atoms with van der Waals surface area (Å²) >= 11 is 0. The molecular formula is C15H25N3O2. The van der Waals surface area contributed by atoms with E-state index in [0.717, 1.165) is 37.3 Å². The van der Waals surface area contributed by atoms with E-state index in [0.29, 0.717) is 11.9 Å². The molecule has 0 saturated carbocycles. The largest absolute Gasteiger partial charge is 0.378 e. The van der Waals surface area contributed by atoms with Gasteiger partial charge >= 0.3 is 0 Å². The van der Waals surface area contributed by atoms with E-state index < -0.39 is 0 Å². The first kappa shape index (κ1) is 15.2. The fraction of sp³-hybridized carbons (Fsp3) is 0.733. The molecule has 0 bridgehead atoms. The number of rotatable bonds is 5. The number of aryl methyl sites for hydroxylation is 2. The minimum atomic E-state index is -0.0380. The highest BCUT2D eigenvalue weighted by atomic mass is 16.5. The predicted octanol–water partition coefficient (Wildman–Crippen LogP) is 2.00. The fourth-order valence-corrected chi connectivity index (χ4v) is 2.84. The summed E-state index contributed by atoms with van der Waals surface area (Å²) in [6.07, 6.45) is 4.98. The molecule has 0 aliphatic carbocycles. The Kier molecular flexibility index (Phi) is 5.31. The molecule has 5 nitrogen and oxygen atoms in total. The quantitative estimate of drug-likeness (QED) is 0.865. The molecule has 112 valence electrons. The van der Waals surface area contributed by atoms with Crippen LogP contribution < -0.4 is 10.9 Å². The van der Waals surface area contributed by atoms with Crippen LogP contribution in [0.1, 0.15) is 55.7 Å². The Bertz CT molecular complexity index is 492. The van der Waals surface area contributed by atoms with Gasteiger partial charge in [0.1, 0.15) is 5.82 Å². The Hall–Kier alpha value is -1.20. The van der Waals surface area contributed by atoms with E-state index in [4.69, 9.17) is 4.74 Å². The van der Waals surface area contributed by atoms with Crippen molar-refractivity contribution in [2.45, 2.75) is 58.6 Å². The van der Waals surface area contributed by atoms with Crippen LogP contribution in [0.25, 0.3) is 0 Å². The summed E-state index contributed by atoms with van der Waals surface area (Å²) in [7, 11) is 0. The minimum absolute atomic E-state index is 0.00967. The number of hydrogen-bond donors (Lipinski definition) is 2. The first-order valence-corrected chi connectivity index (χ1v) is 7.50. The number of hydrogen-bond acceptors (Lipinski definition) is 4. The molecule has 5 heteroatoms. The van der Waals surface area contributed by atoms with Crippen LogP contribution in [-0.2, 0) is 4.74 Å². The molecule has 0 aromatic carbocycles. The first-order chi connectivity index (χ1) is 9.58. The van der Waals surface area contributed by atoms with Crippen LogP contribution in [-0.4, -0.2) is 29.2 Å². The van der Waals surface area contributed by atoms with Gasteiger partial charge in [-0.15, -0.1) is 0 Å². The highest BCUT2D eigenvalue weighted by Gasteiger charge is 2.16. The summed E-state index contributed by atoms with van der Waals surface area (Å²) in [5.41, 5.74) is 1.50. The van der Waals surface area contributed by atoms with E-state index in [1.165, 1.54) is 12.8 Å². The number of ether oxygens (including phenoxy) is 1. The number of aromatic nitrogens is 2. The lowest BCUT2D eigenvalue weighted by molar-refractivity contribution is 0.0112. The van der Waals surface area contributed by atoms with Crippen LogP contribution in [0.4, 0.5) is 0 Å². The van der Waals surface area contributed by atoms with Gasteiger partial charge in [-0.25, -0.2) is 4.98 Å². The van der Waals surface area contributed by atoms with Gasteiger partial charge in [-0.3, -0.25) is 4.79 Å². The molecule has 2 rings (SSSR count). The number of nitrogens with zero attached hydrogens (tertiary/aromatic N) is 1. The Morgan fingerprint density at radius 3 is 2.90 bits per heavy atom. The van der Waals surface area contributed by atoms with Crippen molar-refractivity contribution in [3.8, 4) is 0 Å². The van der Waals surface area contributed by atoms with Crippen LogP contribution >= 0.6 is 0 Å². The second-order valence-electron chi connectivity index (χ2n) is 5.60. The Morgan fingerprint density at radius 2 is 2.25 bits per heavy atom. The van der Waals surface area contributed by atoms with Crippen molar-refractivity contribution in [2.24, 2.45) is 0 Å². The highest BCUT2D eigenvalue weighted by molar-refractivity contribution is 5.19. The van der Waals surface area contributed by atoms with Gasteiger partial charge in [0.25, 0.3) is 5.56 Å². The molecule has 2 heterocycles. The van der Waals surface area contributed by atoms with Crippen molar-refractivity contribution in [1.29, 1.82) is 0 Å². The Balaban J connectivity index is 1.88.